The van der Waals surface area contributed by atoms with Gasteiger partial charge in [0.15, 0.2) is 5.52 Å². The molecule has 4 rings (SSSR count). The maximum absolute atomic E-state index is 12.8. The van der Waals surface area contributed by atoms with Crippen LogP contribution >= 0.6 is 11.5 Å². The third-order valence-corrected chi connectivity index (χ3v) is 5.60. The summed E-state index contributed by atoms with van der Waals surface area (Å²) >= 11 is 0.997. The Morgan fingerprint density at radius 3 is 2.47 bits per heavy atom. The van der Waals surface area contributed by atoms with Crippen LogP contribution in [0.5, 0.6) is 0 Å². The molecule has 0 radical (unpaired) electrons. The van der Waals surface area contributed by atoms with Gasteiger partial charge in [-0.25, -0.2) is 4.98 Å². The summed E-state index contributed by atoms with van der Waals surface area (Å²) in [6, 6.07) is 17.6. The zero-order valence-electron chi connectivity index (χ0n) is 16.7. The van der Waals surface area contributed by atoms with E-state index in [4.69, 9.17) is 0 Å². The van der Waals surface area contributed by atoms with E-state index in [1.54, 1.807) is 0 Å². The molecule has 1 amide bonds. The van der Waals surface area contributed by atoms with Gasteiger partial charge in [-0.3, -0.25) is 14.2 Å². The quantitative estimate of drug-likeness (QED) is 0.520. The Hall–Kier alpha value is -3.52. The molecule has 0 aliphatic heterocycles. The topological polar surface area (TPSA) is 80.1 Å². The molecule has 0 atom stereocenters. The molecule has 2 heterocycles. The van der Waals surface area contributed by atoms with Gasteiger partial charge in [-0.05, 0) is 34.8 Å². The Kier molecular flexibility index (Phi) is 5.58. The molecule has 0 bridgehead atoms. The summed E-state index contributed by atoms with van der Waals surface area (Å²) in [5.74, 6) is -0.285. The molecule has 152 valence electrons. The van der Waals surface area contributed by atoms with Crippen molar-refractivity contribution in [3.63, 3.8) is 0 Å². The molecule has 2 aromatic carbocycles. The Morgan fingerprint density at radius 2 is 1.77 bits per heavy atom. The molecule has 2 aromatic heterocycles. The van der Waals surface area contributed by atoms with Crippen molar-refractivity contribution in [1.82, 2.24) is 19.2 Å². The predicted octanol–water partition coefficient (Wildman–Crippen LogP) is 2.90. The van der Waals surface area contributed by atoms with E-state index in [2.05, 4.69) is 14.7 Å². The van der Waals surface area contributed by atoms with Crippen molar-refractivity contribution in [2.24, 2.45) is 0 Å². The largest absolute Gasteiger partial charge is 0.378 e. The molecule has 30 heavy (non-hydrogen) atoms. The van der Waals surface area contributed by atoms with Crippen LogP contribution < -0.4 is 15.8 Å². The summed E-state index contributed by atoms with van der Waals surface area (Å²) in [5.41, 5.74) is 3.39. The SMILES string of the molecule is CN(C)c1ccc(CNC(=O)c2snc3c(=O)n(Cc4ccccc4)cnc23)cc1. The van der Waals surface area contributed by atoms with Crippen LogP contribution in [0.3, 0.4) is 0 Å². The fourth-order valence-electron chi connectivity index (χ4n) is 3.08. The van der Waals surface area contributed by atoms with Crippen molar-refractivity contribution >= 4 is 34.2 Å². The van der Waals surface area contributed by atoms with Gasteiger partial charge in [0.25, 0.3) is 11.5 Å². The van der Waals surface area contributed by atoms with Gasteiger partial charge in [0.1, 0.15) is 10.4 Å². The normalized spacial score (nSPS) is 10.9. The Labute approximate surface area is 177 Å². The molecule has 0 aliphatic rings. The molecule has 0 saturated carbocycles. The highest BCUT2D eigenvalue weighted by atomic mass is 32.1. The number of aromatic nitrogens is 3. The van der Waals surface area contributed by atoms with Crippen molar-refractivity contribution in [2.75, 3.05) is 19.0 Å². The van der Waals surface area contributed by atoms with Crippen molar-refractivity contribution in [3.05, 3.63) is 87.3 Å². The second kappa shape index (κ2) is 8.46. The lowest BCUT2D eigenvalue weighted by molar-refractivity contribution is 0.0956. The number of rotatable bonds is 6. The fourth-order valence-corrected chi connectivity index (χ4v) is 3.82. The number of anilines is 1. The third kappa shape index (κ3) is 4.08. The van der Waals surface area contributed by atoms with Crippen LogP contribution in [0.15, 0.2) is 65.7 Å². The molecule has 1 N–H and O–H groups in total. The van der Waals surface area contributed by atoms with Gasteiger partial charge < -0.3 is 10.2 Å². The van der Waals surface area contributed by atoms with Crippen molar-refractivity contribution in [2.45, 2.75) is 13.1 Å². The number of nitrogens with zero attached hydrogens (tertiary/aromatic N) is 4. The van der Waals surface area contributed by atoms with Gasteiger partial charge >= 0.3 is 0 Å². The lowest BCUT2D eigenvalue weighted by atomic mass is 10.2. The zero-order valence-corrected chi connectivity index (χ0v) is 17.5. The second-order valence-corrected chi connectivity index (χ2v) is 7.89. The van der Waals surface area contributed by atoms with Crippen LogP contribution in [-0.2, 0) is 13.1 Å². The first-order chi connectivity index (χ1) is 14.5. The minimum absolute atomic E-state index is 0.221. The first-order valence-corrected chi connectivity index (χ1v) is 10.2. The molecular formula is C22H21N5O2S. The number of fused-ring (bicyclic) bond motifs is 1. The maximum atomic E-state index is 12.8. The standard InChI is InChI=1S/C22H21N5O2S/c1-26(2)17-10-8-15(9-11-17)12-23-21(28)20-18-19(25-30-20)22(29)27(14-24-18)13-16-6-4-3-5-7-16/h3-11,14H,12-13H2,1-2H3,(H,23,28). The van der Waals surface area contributed by atoms with E-state index >= 15 is 0 Å². The number of hydrogen-bond acceptors (Lipinski definition) is 6. The van der Waals surface area contributed by atoms with Crippen LogP contribution in [0.2, 0.25) is 0 Å². The minimum Gasteiger partial charge on any atom is -0.378 e. The van der Waals surface area contributed by atoms with Crippen molar-refractivity contribution in [3.8, 4) is 0 Å². The van der Waals surface area contributed by atoms with E-state index < -0.39 is 0 Å². The molecule has 0 spiro atoms. The number of nitrogens with one attached hydrogen (secondary N) is 1. The summed E-state index contributed by atoms with van der Waals surface area (Å²) in [6.07, 6.45) is 1.48. The number of amides is 1. The Morgan fingerprint density at radius 1 is 1.03 bits per heavy atom. The highest BCUT2D eigenvalue weighted by Crippen LogP contribution is 2.18. The van der Waals surface area contributed by atoms with Crippen LogP contribution in [-0.4, -0.2) is 33.9 Å². The molecule has 0 fully saturated rings. The molecule has 0 unspecified atom stereocenters. The van der Waals surface area contributed by atoms with Gasteiger partial charge in [-0.2, -0.15) is 4.37 Å². The minimum atomic E-state index is -0.285. The first kappa shape index (κ1) is 19.8. The van der Waals surface area contributed by atoms with Crippen LogP contribution in [0.1, 0.15) is 20.8 Å². The van der Waals surface area contributed by atoms with E-state index in [0.29, 0.717) is 23.5 Å². The third-order valence-electron chi connectivity index (χ3n) is 4.77. The van der Waals surface area contributed by atoms with E-state index in [1.165, 1.54) is 10.9 Å². The summed E-state index contributed by atoms with van der Waals surface area (Å²) in [4.78, 5) is 32.1. The number of hydrogen-bond donors (Lipinski definition) is 1. The van der Waals surface area contributed by atoms with Crippen LogP contribution in [0.4, 0.5) is 5.69 Å². The summed E-state index contributed by atoms with van der Waals surface area (Å²) < 4.78 is 5.71. The highest BCUT2D eigenvalue weighted by molar-refractivity contribution is 7.09. The van der Waals surface area contributed by atoms with Crippen molar-refractivity contribution in [1.29, 1.82) is 0 Å². The van der Waals surface area contributed by atoms with Crippen molar-refractivity contribution < 1.29 is 4.79 Å². The predicted molar refractivity (Wildman–Crippen MR) is 119 cm³/mol. The van der Waals surface area contributed by atoms with Gasteiger partial charge in [0, 0.05) is 26.3 Å². The maximum Gasteiger partial charge on any atom is 0.281 e. The molecule has 7 nitrogen and oxygen atoms in total. The molecule has 0 aliphatic carbocycles. The summed E-state index contributed by atoms with van der Waals surface area (Å²) in [7, 11) is 3.96. The van der Waals surface area contributed by atoms with E-state index in [1.807, 2.05) is 73.6 Å². The van der Waals surface area contributed by atoms with Gasteiger partial charge in [0.2, 0.25) is 0 Å². The molecule has 4 aromatic rings. The van der Waals surface area contributed by atoms with E-state index in [0.717, 1.165) is 28.3 Å². The average molecular weight is 420 g/mol. The Balaban J connectivity index is 1.51. The van der Waals surface area contributed by atoms with E-state index in [9.17, 15) is 9.59 Å². The fraction of sp³-hybridized carbons (Fsp3) is 0.182. The van der Waals surface area contributed by atoms with Crippen LogP contribution in [0.25, 0.3) is 11.0 Å². The average Bonchev–Trinajstić information content (AvgIpc) is 3.20. The molecular weight excluding hydrogens is 398 g/mol. The lowest BCUT2D eigenvalue weighted by Crippen LogP contribution is -2.24. The lowest BCUT2D eigenvalue weighted by Gasteiger charge is -2.12. The summed E-state index contributed by atoms with van der Waals surface area (Å²) in [5, 5.41) is 2.89. The van der Waals surface area contributed by atoms with Gasteiger partial charge in [-0.1, -0.05) is 42.5 Å². The zero-order chi connectivity index (χ0) is 21.1. The molecule has 8 heteroatoms. The smallest absolute Gasteiger partial charge is 0.281 e. The first-order valence-electron chi connectivity index (χ1n) is 9.46. The molecule has 0 saturated heterocycles. The summed E-state index contributed by atoms with van der Waals surface area (Å²) in [6.45, 7) is 0.793. The number of carbonyl (C=O) groups is 1. The number of carbonyl (C=O) groups excluding carboxylic acids is 1. The monoisotopic (exact) mass is 419 g/mol. The number of benzene rings is 2. The Bertz CT molecular complexity index is 1230. The van der Waals surface area contributed by atoms with Crippen LogP contribution in [0, 0.1) is 0 Å². The van der Waals surface area contributed by atoms with Gasteiger partial charge in [-0.15, -0.1) is 0 Å². The second-order valence-electron chi connectivity index (χ2n) is 7.12. The van der Waals surface area contributed by atoms with E-state index in [-0.39, 0.29) is 17.0 Å². The van der Waals surface area contributed by atoms with Gasteiger partial charge in [0.05, 0.1) is 12.9 Å². The highest BCUT2D eigenvalue weighted by Gasteiger charge is 2.18.